The van der Waals surface area contributed by atoms with Crippen molar-refractivity contribution in [2.45, 2.75) is 20.0 Å². The standard InChI is InChI=1S/C29H32F2N4O6/c1-20-2-5-23(41-20)17-35(16-21-3-7-26-27(14-21)40-19-39-26)28(36)18-34(9-8-33-10-12-38-13-11-33)29(37)32-22-4-6-24(30)25(31)15-22/h2-7,14-15H,8-13,16-19H2,1H3,(H,32,37). The molecule has 3 heterocycles. The van der Waals surface area contributed by atoms with Crippen LogP contribution in [0.25, 0.3) is 0 Å². The number of urea groups is 1. The summed E-state index contributed by atoms with van der Waals surface area (Å²) in [5.41, 5.74) is 0.901. The van der Waals surface area contributed by atoms with Crippen LogP contribution in [0.5, 0.6) is 11.5 Å². The number of morpholine rings is 1. The molecule has 0 atom stereocenters. The van der Waals surface area contributed by atoms with E-state index in [0.29, 0.717) is 55.9 Å². The first kappa shape index (κ1) is 28.4. The molecule has 2 aliphatic heterocycles. The molecule has 0 unspecified atom stereocenters. The maximum atomic E-state index is 13.8. The van der Waals surface area contributed by atoms with Gasteiger partial charge in [0.1, 0.15) is 18.1 Å². The van der Waals surface area contributed by atoms with Gasteiger partial charge < -0.3 is 33.7 Å². The highest BCUT2D eigenvalue weighted by molar-refractivity contribution is 5.92. The average molecular weight is 571 g/mol. The number of anilines is 1. The molecule has 5 rings (SSSR count). The molecule has 2 aromatic carbocycles. The number of hydrogen-bond donors (Lipinski definition) is 1. The zero-order valence-corrected chi connectivity index (χ0v) is 22.7. The predicted octanol–water partition coefficient (Wildman–Crippen LogP) is 3.99. The molecule has 2 aliphatic rings. The van der Waals surface area contributed by atoms with Crippen molar-refractivity contribution < 1.29 is 37.0 Å². The Bertz CT molecular complexity index is 1380. The molecular weight excluding hydrogens is 538 g/mol. The highest BCUT2D eigenvalue weighted by Crippen LogP contribution is 2.33. The van der Waals surface area contributed by atoms with Crippen molar-refractivity contribution in [3.63, 3.8) is 0 Å². The van der Waals surface area contributed by atoms with E-state index < -0.39 is 17.7 Å². The van der Waals surface area contributed by atoms with Gasteiger partial charge in [-0.1, -0.05) is 6.07 Å². The number of nitrogens with zero attached hydrogens (tertiary/aromatic N) is 3. The van der Waals surface area contributed by atoms with E-state index in [9.17, 15) is 18.4 Å². The largest absolute Gasteiger partial charge is 0.464 e. The zero-order chi connectivity index (χ0) is 28.8. The van der Waals surface area contributed by atoms with E-state index in [1.54, 1.807) is 17.0 Å². The van der Waals surface area contributed by atoms with Crippen LogP contribution in [0.2, 0.25) is 0 Å². The van der Waals surface area contributed by atoms with Gasteiger partial charge in [-0.15, -0.1) is 0 Å². The third kappa shape index (κ3) is 7.53. The summed E-state index contributed by atoms with van der Waals surface area (Å²) in [6.45, 7) is 5.48. The molecule has 3 amide bonds. The molecule has 1 fully saturated rings. The number of rotatable bonds is 10. The molecule has 1 aromatic heterocycles. The number of carbonyl (C=O) groups excluding carboxylic acids is 2. The minimum atomic E-state index is -1.08. The number of hydrogen-bond acceptors (Lipinski definition) is 7. The van der Waals surface area contributed by atoms with Crippen LogP contribution in [0.3, 0.4) is 0 Å². The van der Waals surface area contributed by atoms with Crippen molar-refractivity contribution >= 4 is 17.6 Å². The first-order valence-corrected chi connectivity index (χ1v) is 13.4. The van der Waals surface area contributed by atoms with Gasteiger partial charge in [0.05, 0.1) is 19.8 Å². The first-order valence-electron chi connectivity index (χ1n) is 13.4. The number of halogens is 2. The Morgan fingerprint density at radius 2 is 1.73 bits per heavy atom. The third-order valence-electron chi connectivity index (χ3n) is 6.88. The Kier molecular flexibility index (Phi) is 9.00. The first-order chi connectivity index (χ1) is 19.8. The summed E-state index contributed by atoms with van der Waals surface area (Å²) >= 11 is 0. The Morgan fingerprint density at radius 3 is 2.49 bits per heavy atom. The van der Waals surface area contributed by atoms with Crippen LogP contribution in [0.4, 0.5) is 19.3 Å². The van der Waals surface area contributed by atoms with Crippen LogP contribution < -0.4 is 14.8 Å². The van der Waals surface area contributed by atoms with Gasteiger partial charge in [-0.25, -0.2) is 13.6 Å². The maximum Gasteiger partial charge on any atom is 0.322 e. The summed E-state index contributed by atoms with van der Waals surface area (Å²) in [5, 5.41) is 2.59. The van der Waals surface area contributed by atoms with Crippen molar-refractivity contribution in [3.05, 3.63) is 77.2 Å². The number of furan rings is 1. The Labute approximate surface area is 236 Å². The van der Waals surface area contributed by atoms with E-state index in [-0.39, 0.29) is 44.6 Å². The third-order valence-corrected chi connectivity index (χ3v) is 6.88. The number of ether oxygens (including phenoxy) is 3. The molecule has 10 nitrogen and oxygen atoms in total. The lowest BCUT2D eigenvalue weighted by atomic mass is 10.2. The Balaban J connectivity index is 1.33. The summed E-state index contributed by atoms with van der Waals surface area (Å²) < 4.78 is 49.3. The van der Waals surface area contributed by atoms with Gasteiger partial charge in [0.2, 0.25) is 12.7 Å². The van der Waals surface area contributed by atoms with E-state index in [2.05, 4.69) is 10.2 Å². The second-order valence-corrected chi connectivity index (χ2v) is 9.88. The maximum absolute atomic E-state index is 13.8. The van der Waals surface area contributed by atoms with Crippen LogP contribution in [-0.4, -0.2) is 79.4 Å². The van der Waals surface area contributed by atoms with Crippen LogP contribution in [0, 0.1) is 18.6 Å². The fourth-order valence-electron chi connectivity index (χ4n) is 4.63. The highest BCUT2D eigenvalue weighted by atomic mass is 19.2. The van der Waals surface area contributed by atoms with Gasteiger partial charge in [0.25, 0.3) is 0 Å². The second kappa shape index (κ2) is 13.0. The summed E-state index contributed by atoms with van der Waals surface area (Å²) in [6.07, 6.45) is 0. The van der Waals surface area contributed by atoms with Gasteiger partial charge in [-0.05, 0) is 48.9 Å². The number of aryl methyl sites for hydroxylation is 1. The smallest absolute Gasteiger partial charge is 0.322 e. The van der Waals surface area contributed by atoms with Crippen molar-refractivity contribution in [2.75, 3.05) is 58.0 Å². The zero-order valence-electron chi connectivity index (χ0n) is 22.7. The van der Waals surface area contributed by atoms with Crippen LogP contribution >= 0.6 is 0 Å². The van der Waals surface area contributed by atoms with Gasteiger partial charge in [0, 0.05) is 44.5 Å². The second-order valence-electron chi connectivity index (χ2n) is 9.88. The minimum Gasteiger partial charge on any atom is -0.464 e. The fraction of sp³-hybridized carbons (Fsp3) is 0.379. The minimum absolute atomic E-state index is 0.0843. The molecule has 0 bridgehead atoms. The van der Waals surface area contributed by atoms with E-state index in [0.717, 1.165) is 17.7 Å². The normalized spacial score (nSPS) is 14.6. The lowest BCUT2D eigenvalue weighted by Gasteiger charge is -2.31. The molecule has 0 saturated carbocycles. The summed E-state index contributed by atoms with van der Waals surface area (Å²) in [5.74, 6) is 0.130. The number of carbonyl (C=O) groups is 2. The van der Waals surface area contributed by atoms with Crippen LogP contribution in [0.15, 0.2) is 52.9 Å². The van der Waals surface area contributed by atoms with Gasteiger partial charge in [-0.3, -0.25) is 9.69 Å². The van der Waals surface area contributed by atoms with Crippen molar-refractivity contribution in [1.29, 1.82) is 0 Å². The summed E-state index contributed by atoms with van der Waals surface area (Å²) in [4.78, 5) is 32.2. The Hall–Kier alpha value is -4.16. The lowest BCUT2D eigenvalue weighted by molar-refractivity contribution is -0.133. The highest BCUT2D eigenvalue weighted by Gasteiger charge is 2.25. The molecule has 1 saturated heterocycles. The molecule has 3 aromatic rings. The fourth-order valence-corrected chi connectivity index (χ4v) is 4.63. The van der Waals surface area contributed by atoms with Gasteiger partial charge >= 0.3 is 6.03 Å². The van der Waals surface area contributed by atoms with Crippen molar-refractivity contribution in [2.24, 2.45) is 0 Å². The molecule has 12 heteroatoms. The molecule has 0 radical (unpaired) electrons. The van der Waals surface area contributed by atoms with E-state index in [1.165, 1.54) is 11.0 Å². The van der Waals surface area contributed by atoms with E-state index >= 15 is 0 Å². The van der Waals surface area contributed by atoms with Crippen LogP contribution in [-0.2, 0) is 22.6 Å². The van der Waals surface area contributed by atoms with E-state index in [1.807, 2.05) is 25.1 Å². The SMILES string of the molecule is Cc1ccc(CN(Cc2ccc3c(c2)OCO3)C(=O)CN(CCN2CCOCC2)C(=O)Nc2ccc(F)c(F)c2)o1. The molecule has 0 aliphatic carbocycles. The van der Waals surface area contributed by atoms with Crippen molar-refractivity contribution in [1.82, 2.24) is 14.7 Å². The molecular formula is C29H32F2N4O6. The summed E-state index contributed by atoms with van der Waals surface area (Å²) in [7, 11) is 0. The van der Waals surface area contributed by atoms with Gasteiger partial charge in [-0.2, -0.15) is 0 Å². The number of fused-ring (bicyclic) bond motifs is 1. The molecule has 0 spiro atoms. The molecule has 41 heavy (non-hydrogen) atoms. The predicted molar refractivity (Wildman–Crippen MR) is 144 cm³/mol. The number of nitrogens with one attached hydrogen (secondary N) is 1. The molecule has 218 valence electrons. The quantitative estimate of drug-likeness (QED) is 0.394. The lowest BCUT2D eigenvalue weighted by Crippen LogP contribution is -2.48. The van der Waals surface area contributed by atoms with Crippen LogP contribution in [0.1, 0.15) is 17.1 Å². The molecule has 1 N–H and O–H groups in total. The monoisotopic (exact) mass is 570 g/mol. The Morgan fingerprint density at radius 1 is 0.927 bits per heavy atom. The summed E-state index contributed by atoms with van der Waals surface area (Å²) in [6, 6.07) is 11.6. The average Bonchev–Trinajstić information content (AvgIpc) is 3.61. The number of benzene rings is 2. The van der Waals surface area contributed by atoms with Gasteiger partial charge in [0.15, 0.2) is 23.1 Å². The van der Waals surface area contributed by atoms with Crippen molar-refractivity contribution in [3.8, 4) is 11.5 Å². The topological polar surface area (TPSA) is 96.7 Å². The number of amides is 3. The van der Waals surface area contributed by atoms with E-state index in [4.69, 9.17) is 18.6 Å².